The van der Waals surface area contributed by atoms with Crippen LogP contribution in [0.15, 0.2) is 28.0 Å². The average molecular weight is 337 g/mol. The zero-order chi connectivity index (χ0) is 15.3. The lowest BCUT2D eigenvalue weighted by Gasteiger charge is -2.11. The largest absolute Gasteiger partial charge is 0.480 e. The van der Waals surface area contributed by atoms with Gasteiger partial charge in [0.1, 0.15) is 5.56 Å². The van der Waals surface area contributed by atoms with Crippen LogP contribution in [-0.4, -0.2) is 23.0 Å². The van der Waals surface area contributed by atoms with E-state index in [1.54, 1.807) is 19.9 Å². The van der Waals surface area contributed by atoms with Crippen LogP contribution in [0, 0.1) is 0 Å². The van der Waals surface area contributed by atoms with Gasteiger partial charge in [-0.1, -0.05) is 29.3 Å². The Hall–Kier alpha value is -1.30. The second-order valence-electron chi connectivity index (χ2n) is 3.56. The molecule has 0 spiro atoms. The number of carbonyl (C=O) groups is 1. The zero-order valence-electron chi connectivity index (χ0n) is 11.0. The van der Waals surface area contributed by atoms with Gasteiger partial charge < -0.3 is 10.1 Å². The maximum Gasteiger partial charge on any atom is 0.262 e. The lowest BCUT2D eigenvalue weighted by molar-refractivity contribution is 0.0962. The second kappa shape index (κ2) is 7.47. The molecule has 1 aromatic heterocycles. The fourth-order valence-electron chi connectivity index (χ4n) is 1.29. The maximum absolute atomic E-state index is 12.2. The zero-order valence-corrected chi connectivity index (χ0v) is 13.3. The van der Waals surface area contributed by atoms with Gasteiger partial charge in [0.05, 0.1) is 17.8 Å². The topological polar surface area (TPSA) is 64.1 Å². The summed E-state index contributed by atoms with van der Waals surface area (Å²) < 4.78 is 4.98. The highest BCUT2D eigenvalue weighted by Crippen LogP contribution is 2.21. The van der Waals surface area contributed by atoms with Gasteiger partial charge in [0.25, 0.3) is 5.91 Å². The van der Waals surface area contributed by atoms with E-state index in [2.05, 4.69) is 15.3 Å². The van der Waals surface area contributed by atoms with Crippen molar-refractivity contribution in [2.45, 2.75) is 13.8 Å². The van der Waals surface area contributed by atoms with E-state index in [1.165, 1.54) is 13.3 Å². The molecule has 0 fully saturated rings. The van der Waals surface area contributed by atoms with Crippen molar-refractivity contribution in [3.63, 3.8) is 0 Å². The lowest BCUT2D eigenvalue weighted by atomic mass is 10.2. The van der Waals surface area contributed by atoms with E-state index >= 15 is 0 Å². The molecule has 1 rings (SSSR count). The summed E-state index contributed by atoms with van der Waals surface area (Å²) in [6.07, 6.45) is 2.87. The fourth-order valence-corrected chi connectivity index (χ4v) is 1.80. The van der Waals surface area contributed by atoms with Gasteiger partial charge in [-0.25, -0.2) is 4.98 Å². The Bertz CT molecular complexity index is 581. The van der Waals surface area contributed by atoms with Crippen LogP contribution in [0.3, 0.4) is 0 Å². The molecule has 1 aromatic rings. The molecule has 0 aromatic carbocycles. The van der Waals surface area contributed by atoms with Crippen LogP contribution < -0.4 is 10.1 Å². The molecule has 0 aliphatic rings. The molecule has 20 heavy (non-hydrogen) atoms. The number of allylic oxidation sites excluding steroid dienone is 3. The van der Waals surface area contributed by atoms with Crippen LogP contribution in [0.25, 0.3) is 0 Å². The number of hydrogen-bond acceptors (Lipinski definition) is 4. The summed E-state index contributed by atoms with van der Waals surface area (Å²) in [6.45, 7) is 3.33. The Morgan fingerprint density at radius 2 is 2.10 bits per heavy atom. The molecule has 108 valence electrons. The van der Waals surface area contributed by atoms with Crippen molar-refractivity contribution >= 4 is 40.7 Å². The number of carbonyl (C=O) groups excluding carboxylic acids is 1. The summed E-state index contributed by atoms with van der Waals surface area (Å²) in [4.78, 5) is 19.7. The summed E-state index contributed by atoms with van der Waals surface area (Å²) in [7, 11) is 1.37. The van der Waals surface area contributed by atoms with Crippen molar-refractivity contribution in [3.8, 4) is 5.88 Å². The van der Waals surface area contributed by atoms with Gasteiger partial charge in [-0.05, 0) is 25.4 Å². The van der Waals surface area contributed by atoms with Crippen LogP contribution in [0.4, 0.5) is 0 Å². The molecule has 0 aliphatic heterocycles. The van der Waals surface area contributed by atoms with E-state index in [1.807, 2.05) is 0 Å². The standard InChI is InChI=1S/C12H12Cl3N3O2/c1-4-8(14)9(6(2)13)17-10(19)7-5-16-12(15)18-11(7)20-3/h4-5H,1-3H3,(H,17,19)/b8-4+,9-6-. The van der Waals surface area contributed by atoms with E-state index < -0.39 is 5.91 Å². The van der Waals surface area contributed by atoms with Crippen molar-refractivity contribution in [1.82, 2.24) is 15.3 Å². The molecule has 8 heteroatoms. The first-order valence-corrected chi connectivity index (χ1v) is 6.60. The van der Waals surface area contributed by atoms with Gasteiger partial charge in [-0.2, -0.15) is 4.98 Å². The second-order valence-corrected chi connectivity index (χ2v) is 4.87. The van der Waals surface area contributed by atoms with Crippen molar-refractivity contribution < 1.29 is 9.53 Å². The molecule has 0 bridgehead atoms. The smallest absolute Gasteiger partial charge is 0.262 e. The summed E-state index contributed by atoms with van der Waals surface area (Å²) in [5.41, 5.74) is 0.422. The maximum atomic E-state index is 12.2. The van der Waals surface area contributed by atoms with E-state index in [0.717, 1.165) is 0 Å². The van der Waals surface area contributed by atoms with Gasteiger partial charge in [0.2, 0.25) is 11.2 Å². The molecular weight excluding hydrogens is 325 g/mol. The van der Waals surface area contributed by atoms with E-state index in [4.69, 9.17) is 39.5 Å². The van der Waals surface area contributed by atoms with Crippen molar-refractivity contribution in [1.29, 1.82) is 0 Å². The third kappa shape index (κ3) is 4.10. The van der Waals surface area contributed by atoms with Crippen LogP contribution in [0.1, 0.15) is 24.2 Å². The summed E-state index contributed by atoms with van der Waals surface area (Å²) in [6, 6.07) is 0. The van der Waals surface area contributed by atoms with Gasteiger partial charge in [-0.15, -0.1) is 0 Å². The van der Waals surface area contributed by atoms with Crippen LogP contribution in [0.5, 0.6) is 5.88 Å². The molecule has 0 saturated carbocycles. The third-order valence-corrected chi connectivity index (χ3v) is 3.02. The number of amides is 1. The monoisotopic (exact) mass is 335 g/mol. The highest BCUT2D eigenvalue weighted by molar-refractivity contribution is 6.35. The lowest BCUT2D eigenvalue weighted by Crippen LogP contribution is -2.24. The van der Waals surface area contributed by atoms with Crippen molar-refractivity contribution in [3.05, 3.63) is 38.9 Å². The predicted molar refractivity (Wildman–Crippen MR) is 79.2 cm³/mol. The number of halogens is 3. The number of rotatable bonds is 4. The summed E-state index contributed by atoms with van der Waals surface area (Å²) >= 11 is 17.5. The number of aromatic nitrogens is 2. The molecule has 5 nitrogen and oxygen atoms in total. The summed E-state index contributed by atoms with van der Waals surface area (Å²) in [5.74, 6) is -0.445. The molecule has 1 amide bonds. The molecule has 0 atom stereocenters. The molecule has 0 unspecified atom stereocenters. The third-order valence-electron chi connectivity index (χ3n) is 2.24. The highest BCUT2D eigenvalue weighted by Gasteiger charge is 2.18. The first-order chi connectivity index (χ1) is 9.40. The molecule has 1 heterocycles. The van der Waals surface area contributed by atoms with E-state index in [0.29, 0.717) is 15.8 Å². The average Bonchev–Trinajstić information content (AvgIpc) is 2.42. The molecule has 0 aliphatic carbocycles. The molecular formula is C12H12Cl3N3O2. The van der Waals surface area contributed by atoms with E-state index in [-0.39, 0.29) is 16.7 Å². The Morgan fingerprint density at radius 1 is 1.45 bits per heavy atom. The summed E-state index contributed by atoms with van der Waals surface area (Å²) in [5, 5.41) is 3.23. The Kier molecular flexibility index (Phi) is 6.26. The Labute approximate surface area is 131 Å². The molecule has 1 N–H and O–H groups in total. The number of nitrogens with zero attached hydrogens (tertiary/aromatic N) is 2. The molecule has 0 radical (unpaired) electrons. The van der Waals surface area contributed by atoms with Crippen molar-refractivity contribution in [2.24, 2.45) is 0 Å². The van der Waals surface area contributed by atoms with Gasteiger partial charge in [0.15, 0.2) is 0 Å². The quantitative estimate of drug-likeness (QED) is 0.675. The fraction of sp³-hybridized carbons (Fsp3) is 0.250. The minimum absolute atomic E-state index is 0.0193. The van der Waals surface area contributed by atoms with Crippen LogP contribution >= 0.6 is 34.8 Å². The van der Waals surface area contributed by atoms with Gasteiger partial charge in [0, 0.05) is 11.2 Å². The predicted octanol–water partition coefficient (Wildman–Crippen LogP) is 3.48. The minimum atomic E-state index is -0.506. The van der Waals surface area contributed by atoms with Crippen molar-refractivity contribution in [2.75, 3.05) is 7.11 Å². The van der Waals surface area contributed by atoms with Gasteiger partial charge in [-0.3, -0.25) is 4.79 Å². The number of hydrogen-bond donors (Lipinski definition) is 1. The SMILES string of the molecule is C/C=C(Cl)\C(NC(=O)c1cnc(Cl)nc1OC)=C(/C)Cl. The first-order valence-electron chi connectivity index (χ1n) is 5.47. The number of ether oxygens (including phenoxy) is 1. The van der Waals surface area contributed by atoms with Crippen LogP contribution in [0.2, 0.25) is 5.28 Å². The highest BCUT2D eigenvalue weighted by atomic mass is 35.5. The Balaban J connectivity index is 3.11. The minimum Gasteiger partial charge on any atom is -0.480 e. The van der Waals surface area contributed by atoms with Crippen LogP contribution in [-0.2, 0) is 0 Å². The van der Waals surface area contributed by atoms with E-state index in [9.17, 15) is 4.79 Å². The Morgan fingerprint density at radius 3 is 2.60 bits per heavy atom. The number of methoxy groups -OCH3 is 1. The normalized spacial score (nSPS) is 12.8. The first kappa shape index (κ1) is 16.8. The molecule has 0 saturated heterocycles. The number of nitrogens with one attached hydrogen (secondary N) is 1. The van der Waals surface area contributed by atoms with Gasteiger partial charge >= 0.3 is 0 Å².